The topological polar surface area (TPSA) is 87.5 Å². The molecule has 0 spiro atoms. The Bertz CT molecular complexity index is 1170. The maximum Gasteiger partial charge on any atom is 0.261 e. The number of fused-ring (bicyclic) bond motifs is 1. The highest BCUT2D eigenvalue weighted by Crippen LogP contribution is 2.11. The zero-order valence-corrected chi connectivity index (χ0v) is 18.2. The van der Waals surface area contributed by atoms with Crippen molar-refractivity contribution in [3.05, 3.63) is 76.3 Å². The van der Waals surface area contributed by atoms with E-state index in [9.17, 15) is 14.4 Å². The zero-order valence-electron chi connectivity index (χ0n) is 18.2. The maximum absolute atomic E-state index is 12.8. The molecule has 1 fully saturated rings. The third-order valence-corrected chi connectivity index (χ3v) is 5.79. The number of amides is 2. The van der Waals surface area contributed by atoms with Gasteiger partial charge in [-0.2, -0.15) is 0 Å². The lowest BCUT2D eigenvalue weighted by Gasteiger charge is -2.34. The van der Waals surface area contributed by atoms with Crippen molar-refractivity contribution in [2.45, 2.75) is 20.0 Å². The van der Waals surface area contributed by atoms with Crippen LogP contribution >= 0.6 is 0 Å². The Hall–Kier alpha value is -3.52. The summed E-state index contributed by atoms with van der Waals surface area (Å²) in [5.41, 5.74) is 2.45. The number of hydrogen-bond acceptors (Lipinski definition) is 5. The van der Waals surface area contributed by atoms with Crippen molar-refractivity contribution in [3.8, 4) is 0 Å². The molecular weight excluding hydrogens is 406 g/mol. The molecule has 3 aromatic rings. The fraction of sp³-hybridized carbons (Fsp3) is 0.333. The second kappa shape index (κ2) is 9.74. The Labute approximate surface area is 186 Å². The molecule has 2 aromatic carbocycles. The van der Waals surface area contributed by atoms with E-state index in [4.69, 9.17) is 0 Å². The normalized spacial score (nSPS) is 14.5. The van der Waals surface area contributed by atoms with E-state index in [1.54, 1.807) is 11.0 Å². The summed E-state index contributed by atoms with van der Waals surface area (Å²) in [5.74, 6) is -0.146. The van der Waals surface area contributed by atoms with Crippen LogP contribution in [-0.4, -0.2) is 63.9 Å². The van der Waals surface area contributed by atoms with Gasteiger partial charge in [-0.3, -0.25) is 23.9 Å². The van der Waals surface area contributed by atoms with E-state index in [0.717, 1.165) is 11.1 Å². The first-order valence-corrected chi connectivity index (χ1v) is 10.8. The number of aromatic nitrogens is 2. The molecule has 2 heterocycles. The smallest absolute Gasteiger partial charge is 0.261 e. The average Bonchev–Trinajstić information content (AvgIpc) is 2.81. The molecule has 8 nitrogen and oxygen atoms in total. The van der Waals surface area contributed by atoms with Gasteiger partial charge in [0, 0.05) is 32.7 Å². The van der Waals surface area contributed by atoms with Gasteiger partial charge in [0.2, 0.25) is 11.8 Å². The Balaban J connectivity index is 1.27. The third kappa shape index (κ3) is 5.03. The number of nitrogens with zero attached hydrogens (tertiary/aromatic N) is 4. The minimum Gasteiger partial charge on any atom is -0.351 e. The van der Waals surface area contributed by atoms with Crippen molar-refractivity contribution in [1.82, 2.24) is 24.7 Å². The molecule has 2 amide bonds. The van der Waals surface area contributed by atoms with Crippen LogP contribution in [-0.2, 0) is 22.7 Å². The number of nitrogens with one attached hydrogen (secondary N) is 1. The lowest BCUT2D eigenvalue weighted by Crippen LogP contribution is -2.52. The van der Waals surface area contributed by atoms with Crippen molar-refractivity contribution in [1.29, 1.82) is 0 Å². The first-order chi connectivity index (χ1) is 15.5. The Morgan fingerprint density at radius 3 is 2.47 bits per heavy atom. The van der Waals surface area contributed by atoms with Crippen molar-refractivity contribution >= 4 is 22.7 Å². The predicted octanol–water partition coefficient (Wildman–Crippen LogP) is 1.17. The van der Waals surface area contributed by atoms with E-state index in [0.29, 0.717) is 50.2 Å². The molecule has 0 bridgehead atoms. The standard InChI is InChI=1S/C24H27N5O3/c1-18-6-5-9-20-23(18)26-17-29(24(20)32)16-22(31)28-12-10-27(11-13-28)15-21(30)25-14-19-7-3-2-4-8-19/h2-9,17H,10-16H2,1H3,(H,25,30). The summed E-state index contributed by atoms with van der Waals surface area (Å²) < 4.78 is 1.37. The van der Waals surface area contributed by atoms with Gasteiger partial charge < -0.3 is 10.2 Å². The van der Waals surface area contributed by atoms with Crippen LogP contribution in [0.1, 0.15) is 11.1 Å². The fourth-order valence-corrected chi connectivity index (χ4v) is 3.91. The zero-order chi connectivity index (χ0) is 22.5. The van der Waals surface area contributed by atoms with Crippen LogP contribution in [0, 0.1) is 6.92 Å². The fourth-order valence-electron chi connectivity index (χ4n) is 3.91. The summed E-state index contributed by atoms with van der Waals surface area (Å²) in [5, 5.41) is 3.45. The van der Waals surface area contributed by atoms with Gasteiger partial charge in [-0.1, -0.05) is 42.5 Å². The van der Waals surface area contributed by atoms with Gasteiger partial charge in [-0.05, 0) is 24.1 Å². The van der Waals surface area contributed by atoms with Crippen molar-refractivity contribution in [2.24, 2.45) is 0 Å². The monoisotopic (exact) mass is 433 g/mol. The van der Waals surface area contributed by atoms with Gasteiger partial charge in [0.25, 0.3) is 5.56 Å². The van der Waals surface area contributed by atoms with Crippen LogP contribution < -0.4 is 10.9 Å². The number of carbonyl (C=O) groups is 2. The predicted molar refractivity (Wildman–Crippen MR) is 122 cm³/mol. The lowest BCUT2D eigenvalue weighted by atomic mass is 10.1. The Morgan fingerprint density at radius 2 is 1.72 bits per heavy atom. The molecule has 1 saturated heterocycles. The third-order valence-electron chi connectivity index (χ3n) is 5.79. The van der Waals surface area contributed by atoms with Crippen LogP contribution in [0.4, 0.5) is 0 Å². The lowest BCUT2D eigenvalue weighted by molar-refractivity contribution is -0.134. The highest BCUT2D eigenvalue weighted by atomic mass is 16.2. The second-order valence-corrected chi connectivity index (χ2v) is 8.07. The van der Waals surface area contributed by atoms with Crippen LogP contribution in [0.3, 0.4) is 0 Å². The molecule has 4 rings (SSSR count). The van der Waals surface area contributed by atoms with Gasteiger partial charge >= 0.3 is 0 Å². The van der Waals surface area contributed by atoms with E-state index in [-0.39, 0.29) is 23.9 Å². The molecule has 166 valence electrons. The summed E-state index contributed by atoms with van der Waals surface area (Å²) >= 11 is 0. The maximum atomic E-state index is 12.8. The van der Waals surface area contributed by atoms with Gasteiger partial charge in [0.05, 0.1) is 23.8 Å². The molecule has 1 aliphatic rings. The van der Waals surface area contributed by atoms with Crippen LogP contribution in [0.2, 0.25) is 0 Å². The Morgan fingerprint density at radius 1 is 0.969 bits per heavy atom. The van der Waals surface area contributed by atoms with E-state index in [2.05, 4.69) is 10.3 Å². The molecule has 1 aromatic heterocycles. The summed E-state index contributed by atoms with van der Waals surface area (Å²) in [6.45, 7) is 4.98. The highest BCUT2D eigenvalue weighted by molar-refractivity contribution is 5.81. The van der Waals surface area contributed by atoms with Crippen LogP contribution in [0.15, 0.2) is 59.7 Å². The number of rotatable bonds is 6. The molecule has 0 saturated carbocycles. The molecule has 0 unspecified atom stereocenters. The molecular formula is C24H27N5O3. The Kier molecular flexibility index (Phi) is 6.61. The number of piperazine rings is 1. The van der Waals surface area contributed by atoms with Crippen LogP contribution in [0.5, 0.6) is 0 Å². The van der Waals surface area contributed by atoms with E-state index >= 15 is 0 Å². The number of carbonyl (C=O) groups excluding carboxylic acids is 2. The van der Waals surface area contributed by atoms with Gasteiger partial charge in [-0.25, -0.2) is 4.98 Å². The molecule has 1 aliphatic heterocycles. The molecule has 1 N–H and O–H groups in total. The highest BCUT2D eigenvalue weighted by Gasteiger charge is 2.23. The largest absolute Gasteiger partial charge is 0.351 e. The van der Waals surface area contributed by atoms with Gasteiger partial charge in [0.15, 0.2) is 0 Å². The van der Waals surface area contributed by atoms with E-state index < -0.39 is 0 Å². The summed E-state index contributed by atoms with van der Waals surface area (Å²) in [6.07, 6.45) is 1.45. The molecule has 0 aliphatic carbocycles. The quantitative estimate of drug-likeness (QED) is 0.631. The number of hydrogen-bond donors (Lipinski definition) is 1. The van der Waals surface area contributed by atoms with E-state index in [1.165, 1.54) is 10.9 Å². The van der Waals surface area contributed by atoms with Crippen molar-refractivity contribution in [2.75, 3.05) is 32.7 Å². The van der Waals surface area contributed by atoms with Crippen LogP contribution in [0.25, 0.3) is 10.9 Å². The van der Waals surface area contributed by atoms with Gasteiger partial charge in [-0.15, -0.1) is 0 Å². The molecule has 8 heteroatoms. The SMILES string of the molecule is Cc1cccc2c(=O)n(CC(=O)N3CCN(CC(=O)NCc4ccccc4)CC3)cnc12. The molecule has 0 radical (unpaired) electrons. The first-order valence-electron chi connectivity index (χ1n) is 10.8. The number of aryl methyl sites for hydroxylation is 1. The first kappa shape index (κ1) is 21.7. The van der Waals surface area contributed by atoms with E-state index in [1.807, 2.05) is 54.3 Å². The minimum absolute atomic E-state index is 0.0299. The van der Waals surface area contributed by atoms with Crippen molar-refractivity contribution in [3.63, 3.8) is 0 Å². The molecule has 0 atom stereocenters. The van der Waals surface area contributed by atoms with Gasteiger partial charge in [0.1, 0.15) is 6.54 Å². The number of benzene rings is 2. The van der Waals surface area contributed by atoms with Crippen molar-refractivity contribution < 1.29 is 9.59 Å². The average molecular weight is 434 g/mol. The minimum atomic E-state index is -0.208. The molecule has 32 heavy (non-hydrogen) atoms. The summed E-state index contributed by atoms with van der Waals surface area (Å²) in [4.78, 5) is 45.9. The number of para-hydroxylation sites is 1. The summed E-state index contributed by atoms with van der Waals surface area (Å²) in [6, 6.07) is 15.3. The second-order valence-electron chi connectivity index (χ2n) is 8.07. The summed E-state index contributed by atoms with van der Waals surface area (Å²) in [7, 11) is 0.